The first kappa shape index (κ1) is 20.4. The first-order valence-corrected chi connectivity index (χ1v) is 10.6. The SMILES string of the molecule is COC(=O)c1ccc(S(=O)(=O)N(Cc2ccc(OC)cc2)C(C)C2CC2)cc1. The number of methoxy groups -OCH3 is 2. The highest BCUT2D eigenvalue weighted by Crippen LogP contribution is 2.38. The third kappa shape index (κ3) is 4.36. The van der Waals surface area contributed by atoms with E-state index in [-0.39, 0.29) is 17.5 Å². The van der Waals surface area contributed by atoms with Crippen LogP contribution in [0, 0.1) is 5.92 Å². The molecule has 1 fully saturated rings. The summed E-state index contributed by atoms with van der Waals surface area (Å²) in [5.41, 5.74) is 1.21. The summed E-state index contributed by atoms with van der Waals surface area (Å²) < 4.78 is 38.1. The minimum atomic E-state index is -3.72. The van der Waals surface area contributed by atoms with Crippen molar-refractivity contribution in [2.45, 2.75) is 37.2 Å². The highest BCUT2D eigenvalue weighted by Gasteiger charge is 2.38. The highest BCUT2D eigenvalue weighted by molar-refractivity contribution is 7.89. The van der Waals surface area contributed by atoms with Gasteiger partial charge in [0.05, 0.1) is 24.7 Å². The van der Waals surface area contributed by atoms with Crippen LogP contribution in [0.25, 0.3) is 0 Å². The minimum Gasteiger partial charge on any atom is -0.497 e. The van der Waals surface area contributed by atoms with Crippen molar-refractivity contribution in [3.05, 3.63) is 59.7 Å². The summed E-state index contributed by atoms with van der Waals surface area (Å²) in [6, 6.07) is 13.2. The first-order valence-electron chi connectivity index (χ1n) is 9.20. The highest BCUT2D eigenvalue weighted by atomic mass is 32.2. The number of hydrogen-bond donors (Lipinski definition) is 0. The lowest BCUT2D eigenvalue weighted by atomic mass is 10.1. The van der Waals surface area contributed by atoms with Gasteiger partial charge in [0.25, 0.3) is 0 Å². The lowest BCUT2D eigenvalue weighted by Crippen LogP contribution is -2.39. The fourth-order valence-corrected chi connectivity index (χ4v) is 4.87. The molecule has 1 aliphatic carbocycles. The zero-order valence-electron chi connectivity index (χ0n) is 16.3. The zero-order valence-corrected chi connectivity index (χ0v) is 17.1. The molecule has 2 aromatic rings. The predicted molar refractivity (Wildman–Crippen MR) is 106 cm³/mol. The molecule has 1 unspecified atom stereocenters. The van der Waals surface area contributed by atoms with Crippen molar-refractivity contribution in [2.75, 3.05) is 14.2 Å². The molecule has 1 atom stereocenters. The van der Waals surface area contributed by atoms with Crippen molar-refractivity contribution >= 4 is 16.0 Å². The molecule has 0 bridgehead atoms. The summed E-state index contributed by atoms with van der Waals surface area (Å²) in [6.07, 6.45) is 2.08. The monoisotopic (exact) mass is 403 g/mol. The second-order valence-electron chi connectivity index (χ2n) is 6.99. The number of rotatable bonds is 8. The topological polar surface area (TPSA) is 72.9 Å². The van der Waals surface area contributed by atoms with Crippen LogP contribution in [-0.2, 0) is 21.3 Å². The predicted octanol–water partition coefficient (Wildman–Crippen LogP) is 3.47. The summed E-state index contributed by atoms with van der Waals surface area (Å²) in [7, 11) is -0.830. The van der Waals surface area contributed by atoms with Crippen molar-refractivity contribution in [1.82, 2.24) is 4.31 Å². The van der Waals surface area contributed by atoms with E-state index in [2.05, 4.69) is 4.74 Å². The van der Waals surface area contributed by atoms with Gasteiger partial charge in [-0.3, -0.25) is 0 Å². The van der Waals surface area contributed by atoms with E-state index in [1.807, 2.05) is 31.2 Å². The summed E-state index contributed by atoms with van der Waals surface area (Å²) in [5.74, 6) is 0.611. The van der Waals surface area contributed by atoms with E-state index in [0.29, 0.717) is 11.5 Å². The third-order valence-electron chi connectivity index (χ3n) is 5.14. The van der Waals surface area contributed by atoms with Gasteiger partial charge in [0.2, 0.25) is 10.0 Å². The largest absolute Gasteiger partial charge is 0.497 e. The van der Waals surface area contributed by atoms with E-state index in [9.17, 15) is 13.2 Å². The van der Waals surface area contributed by atoms with E-state index in [4.69, 9.17) is 4.74 Å². The molecule has 0 saturated heterocycles. The Hall–Kier alpha value is -2.38. The molecule has 0 aliphatic heterocycles. The van der Waals surface area contributed by atoms with Gasteiger partial charge < -0.3 is 9.47 Å². The molecule has 28 heavy (non-hydrogen) atoms. The van der Waals surface area contributed by atoms with Crippen molar-refractivity contribution in [3.8, 4) is 5.75 Å². The number of nitrogens with zero attached hydrogens (tertiary/aromatic N) is 1. The molecule has 7 heteroatoms. The lowest BCUT2D eigenvalue weighted by Gasteiger charge is -2.28. The molecule has 2 aromatic carbocycles. The molecular weight excluding hydrogens is 378 g/mol. The van der Waals surface area contributed by atoms with Crippen molar-refractivity contribution in [2.24, 2.45) is 5.92 Å². The van der Waals surface area contributed by atoms with Crippen LogP contribution in [0.1, 0.15) is 35.7 Å². The molecule has 1 aliphatic rings. The maximum absolute atomic E-state index is 13.4. The van der Waals surface area contributed by atoms with E-state index >= 15 is 0 Å². The van der Waals surface area contributed by atoms with Crippen LogP contribution in [-0.4, -0.2) is 39.0 Å². The van der Waals surface area contributed by atoms with Gasteiger partial charge in [0.1, 0.15) is 5.75 Å². The molecule has 0 amide bonds. The number of benzene rings is 2. The van der Waals surface area contributed by atoms with Crippen LogP contribution in [0.2, 0.25) is 0 Å². The van der Waals surface area contributed by atoms with E-state index in [0.717, 1.165) is 24.2 Å². The number of sulfonamides is 1. The van der Waals surface area contributed by atoms with Gasteiger partial charge in [-0.15, -0.1) is 0 Å². The maximum Gasteiger partial charge on any atom is 0.337 e. The quantitative estimate of drug-likeness (QED) is 0.631. The number of carbonyl (C=O) groups is 1. The standard InChI is InChI=1S/C21H25NO5S/c1-15(17-6-7-17)22(14-16-4-10-19(26-2)11-5-16)28(24,25)20-12-8-18(9-13-20)21(23)27-3/h4-5,8-13,15,17H,6-7,14H2,1-3H3. The van der Waals surface area contributed by atoms with E-state index < -0.39 is 16.0 Å². The second-order valence-corrected chi connectivity index (χ2v) is 8.88. The van der Waals surface area contributed by atoms with Gasteiger partial charge in [0.15, 0.2) is 0 Å². The minimum absolute atomic E-state index is 0.104. The Kier molecular flexibility index (Phi) is 6.05. The van der Waals surface area contributed by atoms with Crippen LogP contribution in [0.15, 0.2) is 53.4 Å². The summed E-state index contributed by atoms with van der Waals surface area (Å²) >= 11 is 0. The molecule has 0 aromatic heterocycles. The van der Waals surface area contributed by atoms with Crippen LogP contribution < -0.4 is 4.74 Å². The number of hydrogen-bond acceptors (Lipinski definition) is 5. The van der Waals surface area contributed by atoms with Gasteiger partial charge >= 0.3 is 5.97 Å². The smallest absolute Gasteiger partial charge is 0.337 e. The fraction of sp³-hybridized carbons (Fsp3) is 0.381. The Balaban J connectivity index is 1.90. The molecule has 6 nitrogen and oxygen atoms in total. The third-order valence-corrected chi connectivity index (χ3v) is 7.08. The summed E-state index contributed by atoms with van der Waals surface area (Å²) in [4.78, 5) is 11.8. The van der Waals surface area contributed by atoms with Gasteiger partial charge in [-0.2, -0.15) is 4.31 Å². The van der Waals surface area contributed by atoms with Gasteiger partial charge in [-0.1, -0.05) is 12.1 Å². The Bertz CT molecular complexity index is 918. The lowest BCUT2D eigenvalue weighted by molar-refractivity contribution is 0.0600. The van der Waals surface area contributed by atoms with Crippen molar-refractivity contribution in [3.63, 3.8) is 0 Å². The fourth-order valence-electron chi connectivity index (χ4n) is 3.19. The Morgan fingerprint density at radius 1 is 1.07 bits per heavy atom. The van der Waals surface area contributed by atoms with Crippen LogP contribution >= 0.6 is 0 Å². The van der Waals surface area contributed by atoms with Gasteiger partial charge in [0, 0.05) is 12.6 Å². The normalized spacial score (nSPS) is 15.3. The van der Waals surface area contributed by atoms with E-state index in [1.165, 1.54) is 31.4 Å². The van der Waals surface area contributed by atoms with Gasteiger partial charge in [-0.05, 0) is 67.6 Å². The summed E-state index contributed by atoms with van der Waals surface area (Å²) in [6.45, 7) is 2.24. The number of carbonyl (C=O) groups excluding carboxylic acids is 1. The van der Waals surface area contributed by atoms with Crippen LogP contribution in [0.3, 0.4) is 0 Å². The molecule has 0 spiro atoms. The summed E-state index contributed by atoms with van der Waals surface area (Å²) in [5, 5.41) is 0. The Labute approximate surface area is 166 Å². The second kappa shape index (κ2) is 8.32. The zero-order chi connectivity index (χ0) is 20.3. The number of esters is 1. The van der Waals surface area contributed by atoms with Gasteiger partial charge in [-0.25, -0.2) is 13.2 Å². The molecule has 0 N–H and O–H groups in total. The van der Waals surface area contributed by atoms with Crippen molar-refractivity contribution < 1.29 is 22.7 Å². The van der Waals surface area contributed by atoms with E-state index in [1.54, 1.807) is 11.4 Å². The Morgan fingerprint density at radius 2 is 1.68 bits per heavy atom. The molecule has 0 heterocycles. The van der Waals surface area contributed by atoms with Crippen LogP contribution in [0.4, 0.5) is 0 Å². The Morgan fingerprint density at radius 3 is 2.18 bits per heavy atom. The average Bonchev–Trinajstić information content (AvgIpc) is 3.56. The van der Waals surface area contributed by atoms with Crippen LogP contribution in [0.5, 0.6) is 5.75 Å². The number of ether oxygens (including phenoxy) is 2. The average molecular weight is 404 g/mol. The maximum atomic E-state index is 13.4. The molecule has 150 valence electrons. The molecule has 3 rings (SSSR count). The molecule has 1 saturated carbocycles. The van der Waals surface area contributed by atoms with Crippen molar-refractivity contribution in [1.29, 1.82) is 0 Å². The molecular formula is C21H25NO5S. The first-order chi connectivity index (χ1) is 13.4. The molecule has 0 radical (unpaired) electrons.